The molecule has 0 bridgehead atoms. The first kappa shape index (κ1) is 13.1. The molecule has 0 aliphatic carbocycles. The van der Waals surface area contributed by atoms with Gasteiger partial charge in [0, 0.05) is 18.9 Å². The maximum Gasteiger partial charge on any atom is 0.335 e. The Morgan fingerprint density at radius 3 is 2.95 bits per heavy atom. The summed E-state index contributed by atoms with van der Waals surface area (Å²) >= 11 is 0. The van der Waals surface area contributed by atoms with E-state index in [1.165, 1.54) is 12.1 Å². The molecule has 100 valence electrons. The predicted molar refractivity (Wildman–Crippen MR) is 65.7 cm³/mol. The fraction of sp³-hybridized carbons (Fsp3) is 0.231. The molecule has 5 nitrogen and oxygen atoms in total. The number of carboxylic acid groups (broad SMARTS) is 1. The summed E-state index contributed by atoms with van der Waals surface area (Å²) in [6.45, 7) is 1.08. The second-order valence-electron chi connectivity index (χ2n) is 3.95. The molecule has 0 aliphatic heterocycles. The van der Waals surface area contributed by atoms with E-state index >= 15 is 0 Å². The Balaban J connectivity index is 1.84. The minimum absolute atomic E-state index is 0.0654. The maximum absolute atomic E-state index is 13.5. The van der Waals surface area contributed by atoms with Gasteiger partial charge < -0.3 is 14.4 Å². The highest BCUT2D eigenvalue weighted by Crippen LogP contribution is 2.18. The van der Waals surface area contributed by atoms with E-state index in [9.17, 15) is 9.18 Å². The fourth-order valence-electron chi connectivity index (χ4n) is 1.60. The summed E-state index contributed by atoms with van der Waals surface area (Å²) in [5.74, 6) is -1.76. The van der Waals surface area contributed by atoms with Gasteiger partial charge in [-0.2, -0.15) is 0 Å². The molecule has 0 radical (unpaired) electrons. The zero-order chi connectivity index (χ0) is 13.7. The number of rotatable bonds is 6. The Morgan fingerprint density at radius 1 is 1.47 bits per heavy atom. The summed E-state index contributed by atoms with van der Waals surface area (Å²) in [6, 6.07) is 3.60. The van der Waals surface area contributed by atoms with Crippen molar-refractivity contribution in [2.45, 2.75) is 13.0 Å². The van der Waals surface area contributed by atoms with Gasteiger partial charge in [0.2, 0.25) is 0 Å². The van der Waals surface area contributed by atoms with E-state index in [0.29, 0.717) is 13.0 Å². The van der Waals surface area contributed by atoms with Crippen LogP contribution in [0.3, 0.4) is 0 Å². The largest absolute Gasteiger partial charge is 0.490 e. The van der Waals surface area contributed by atoms with Crippen molar-refractivity contribution in [1.29, 1.82) is 0 Å². The van der Waals surface area contributed by atoms with Crippen LogP contribution in [0.15, 0.2) is 36.9 Å². The zero-order valence-electron chi connectivity index (χ0n) is 10.1. The molecule has 6 heteroatoms. The molecule has 0 saturated carbocycles. The van der Waals surface area contributed by atoms with Crippen molar-refractivity contribution in [3.05, 3.63) is 48.3 Å². The number of benzene rings is 1. The monoisotopic (exact) mass is 264 g/mol. The van der Waals surface area contributed by atoms with Crippen LogP contribution in [0.2, 0.25) is 0 Å². The lowest BCUT2D eigenvalue weighted by atomic mass is 10.2. The van der Waals surface area contributed by atoms with Crippen molar-refractivity contribution < 1.29 is 19.0 Å². The van der Waals surface area contributed by atoms with Crippen LogP contribution in [0.4, 0.5) is 4.39 Å². The Bertz CT molecular complexity index is 555. The molecule has 2 aromatic rings. The predicted octanol–water partition coefficient (Wildman–Crippen LogP) is 2.19. The van der Waals surface area contributed by atoms with Crippen LogP contribution in [0, 0.1) is 5.82 Å². The second-order valence-corrected chi connectivity index (χ2v) is 3.95. The van der Waals surface area contributed by atoms with Crippen LogP contribution in [-0.4, -0.2) is 27.2 Å². The number of hydrogen-bond acceptors (Lipinski definition) is 3. The van der Waals surface area contributed by atoms with Gasteiger partial charge in [0.05, 0.1) is 18.5 Å². The molecule has 0 atom stereocenters. The zero-order valence-corrected chi connectivity index (χ0v) is 10.1. The van der Waals surface area contributed by atoms with E-state index in [-0.39, 0.29) is 11.3 Å². The van der Waals surface area contributed by atoms with E-state index in [4.69, 9.17) is 9.84 Å². The molecule has 0 aliphatic rings. The minimum Gasteiger partial charge on any atom is -0.490 e. The number of ether oxygens (including phenoxy) is 1. The van der Waals surface area contributed by atoms with Crippen LogP contribution in [0.25, 0.3) is 0 Å². The van der Waals surface area contributed by atoms with E-state index in [1.54, 1.807) is 12.5 Å². The third-order valence-corrected chi connectivity index (χ3v) is 2.56. The van der Waals surface area contributed by atoms with Gasteiger partial charge >= 0.3 is 5.97 Å². The van der Waals surface area contributed by atoms with Crippen molar-refractivity contribution in [2.75, 3.05) is 6.61 Å². The average molecular weight is 264 g/mol. The number of carboxylic acids is 1. The summed E-state index contributed by atoms with van der Waals surface area (Å²) < 4.78 is 20.7. The molecule has 2 rings (SSSR count). The normalized spacial score (nSPS) is 10.4. The first-order chi connectivity index (χ1) is 9.16. The highest BCUT2D eigenvalue weighted by Gasteiger charge is 2.08. The fourth-order valence-corrected chi connectivity index (χ4v) is 1.60. The number of aryl methyl sites for hydroxylation is 1. The van der Waals surface area contributed by atoms with Crippen molar-refractivity contribution in [3.8, 4) is 5.75 Å². The Kier molecular flexibility index (Phi) is 4.12. The van der Waals surface area contributed by atoms with Gasteiger partial charge in [-0.05, 0) is 24.6 Å². The van der Waals surface area contributed by atoms with E-state index in [0.717, 1.165) is 12.6 Å². The summed E-state index contributed by atoms with van der Waals surface area (Å²) in [5.41, 5.74) is -0.0942. The highest BCUT2D eigenvalue weighted by molar-refractivity contribution is 5.87. The second kappa shape index (κ2) is 5.99. The molecule has 1 aromatic carbocycles. The molecule has 1 N–H and O–H groups in total. The lowest BCUT2D eigenvalue weighted by molar-refractivity contribution is 0.0696. The Morgan fingerprint density at radius 2 is 2.32 bits per heavy atom. The van der Waals surface area contributed by atoms with Crippen LogP contribution in [0.5, 0.6) is 5.75 Å². The quantitative estimate of drug-likeness (QED) is 0.812. The van der Waals surface area contributed by atoms with Crippen molar-refractivity contribution in [2.24, 2.45) is 0 Å². The van der Waals surface area contributed by atoms with Crippen molar-refractivity contribution in [3.63, 3.8) is 0 Å². The molecule has 0 spiro atoms. The number of imidazole rings is 1. The van der Waals surface area contributed by atoms with Gasteiger partial charge in [-0.3, -0.25) is 0 Å². The summed E-state index contributed by atoms with van der Waals surface area (Å²) in [4.78, 5) is 14.5. The molecule has 19 heavy (non-hydrogen) atoms. The van der Waals surface area contributed by atoms with Crippen LogP contribution in [0.1, 0.15) is 16.8 Å². The lowest BCUT2D eigenvalue weighted by Crippen LogP contribution is -2.05. The molecule has 1 aromatic heterocycles. The third kappa shape index (κ3) is 3.54. The average Bonchev–Trinajstić information content (AvgIpc) is 2.89. The molecule has 0 saturated heterocycles. The van der Waals surface area contributed by atoms with Crippen molar-refractivity contribution in [1.82, 2.24) is 9.55 Å². The Hall–Kier alpha value is -2.37. The maximum atomic E-state index is 13.5. The molecule has 1 heterocycles. The van der Waals surface area contributed by atoms with Gasteiger partial charge in [0.1, 0.15) is 0 Å². The van der Waals surface area contributed by atoms with Gasteiger partial charge in [-0.1, -0.05) is 0 Å². The lowest BCUT2D eigenvalue weighted by Gasteiger charge is -2.08. The number of hydrogen-bond donors (Lipinski definition) is 1. The van der Waals surface area contributed by atoms with Crippen LogP contribution < -0.4 is 4.74 Å². The van der Waals surface area contributed by atoms with Crippen molar-refractivity contribution >= 4 is 5.97 Å². The molecule has 0 amide bonds. The summed E-state index contributed by atoms with van der Waals surface area (Å²) in [7, 11) is 0. The van der Waals surface area contributed by atoms with Crippen LogP contribution in [-0.2, 0) is 6.54 Å². The van der Waals surface area contributed by atoms with Gasteiger partial charge in [-0.25, -0.2) is 14.2 Å². The van der Waals surface area contributed by atoms with Gasteiger partial charge in [-0.15, -0.1) is 0 Å². The molecular formula is C13H13FN2O3. The minimum atomic E-state index is -1.16. The highest BCUT2D eigenvalue weighted by atomic mass is 19.1. The number of halogens is 1. The number of nitrogens with zero attached hydrogens (tertiary/aromatic N) is 2. The topological polar surface area (TPSA) is 64.3 Å². The summed E-state index contributed by atoms with van der Waals surface area (Å²) in [6.07, 6.45) is 5.92. The molecule has 0 fully saturated rings. The first-order valence-electron chi connectivity index (χ1n) is 5.78. The van der Waals surface area contributed by atoms with E-state index in [1.807, 2.05) is 10.8 Å². The number of aromatic carboxylic acids is 1. The standard InChI is InChI=1S/C13H13FN2O3/c14-11-8-10(13(17)18)2-3-12(11)19-7-1-5-16-6-4-15-9-16/h2-4,6,8-9H,1,5,7H2,(H,17,18). The molecular weight excluding hydrogens is 251 g/mol. The van der Waals surface area contributed by atoms with Crippen LogP contribution >= 0.6 is 0 Å². The third-order valence-electron chi connectivity index (χ3n) is 2.56. The van der Waals surface area contributed by atoms with Gasteiger partial charge in [0.15, 0.2) is 11.6 Å². The first-order valence-corrected chi connectivity index (χ1v) is 5.78. The smallest absolute Gasteiger partial charge is 0.335 e. The van der Waals surface area contributed by atoms with E-state index < -0.39 is 11.8 Å². The Labute approximate surface area is 109 Å². The summed E-state index contributed by atoms with van der Waals surface area (Å²) in [5, 5.41) is 8.70. The number of aromatic nitrogens is 2. The van der Waals surface area contributed by atoms with E-state index in [2.05, 4.69) is 4.98 Å². The van der Waals surface area contributed by atoms with Gasteiger partial charge in [0.25, 0.3) is 0 Å². The number of carbonyl (C=O) groups is 1. The molecule has 0 unspecified atom stereocenters. The SMILES string of the molecule is O=C(O)c1ccc(OCCCn2ccnc2)c(F)c1.